The molecule has 0 saturated heterocycles. The predicted molar refractivity (Wildman–Crippen MR) is 108 cm³/mol. The molecule has 0 atom stereocenters. The van der Waals surface area contributed by atoms with Crippen molar-refractivity contribution in [1.82, 2.24) is 4.72 Å². The zero-order valence-corrected chi connectivity index (χ0v) is 17.4. The fourth-order valence-corrected chi connectivity index (χ4v) is 5.08. The first-order valence-electron chi connectivity index (χ1n) is 9.03. The number of sulfonamides is 2. The Kier molecular flexibility index (Phi) is 5.76. The van der Waals surface area contributed by atoms with Crippen LogP contribution >= 0.6 is 0 Å². The van der Waals surface area contributed by atoms with Crippen LogP contribution in [0.4, 0.5) is 5.69 Å². The first-order chi connectivity index (χ1) is 13.2. The Bertz CT molecular complexity index is 1090. The van der Waals surface area contributed by atoms with Crippen molar-refractivity contribution in [3.05, 3.63) is 54.1 Å². The Morgan fingerprint density at radius 1 is 0.893 bits per heavy atom. The summed E-state index contributed by atoms with van der Waals surface area (Å²) in [5.74, 6) is 0.850. The summed E-state index contributed by atoms with van der Waals surface area (Å²) in [5.41, 5.74) is 1.22. The molecule has 1 aliphatic rings. The summed E-state index contributed by atoms with van der Waals surface area (Å²) in [4.78, 5) is 3.09. The second kappa shape index (κ2) is 7.92. The Morgan fingerprint density at radius 2 is 1.57 bits per heavy atom. The van der Waals surface area contributed by atoms with Crippen molar-refractivity contribution >= 4 is 31.6 Å². The van der Waals surface area contributed by atoms with Gasteiger partial charge in [-0.25, -0.2) is 8.42 Å². The third kappa shape index (κ3) is 4.71. The number of benzene rings is 2. The van der Waals surface area contributed by atoms with E-state index in [0.717, 1.165) is 18.5 Å². The number of rotatable bonds is 6. The summed E-state index contributed by atoms with van der Waals surface area (Å²) in [6.07, 6.45) is 1.51. The van der Waals surface area contributed by atoms with Crippen LogP contribution in [0.1, 0.15) is 38.2 Å². The molecule has 0 unspecified atom stereocenters. The first kappa shape index (κ1) is 20.3. The molecule has 2 aromatic carbocycles. The van der Waals surface area contributed by atoms with Crippen LogP contribution in [0.5, 0.6) is 0 Å². The van der Waals surface area contributed by atoms with Crippen molar-refractivity contribution in [1.29, 1.82) is 0 Å². The molecule has 150 valence electrons. The summed E-state index contributed by atoms with van der Waals surface area (Å²) in [5, 5.41) is 0. The zero-order chi connectivity index (χ0) is 20.4. The van der Waals surface area contributed by atoms with Crippen LogP contribution in [0.2, 0.25) is 0 Å². The fourth-order valence-electron chi connectivity index (χ4n) is 2.87. The van der Waals surface area contributed by atoms with E-state index < -0.39 is 20.0 Å². The molecule has 2 aromatic rings. The van der Waals surface area contributed by atoms with Crippen LogP contribution in [-0.4, -0.2) is 29.2 Å². The summed E-state index contributed by atoms with van der Waals surface area (Å²) < 4.78 is 55.3. The third-order valence-corrected chi connectivity index (χ3v) is 7.24. The standard InChI is InChI=1S/C19H23N3O4S2/c1-14(2)15-8-10-17(11-9-15)27(23,24)21-16-5-3-6-18(13-16)28(25,26)22-19-7-4-12-20-19/h3,5-6,8-11,13-14,21H,4,7,12H2,1-2H3,(H,20,22)/p+1. The molecule has 0 saturated carbocycles. The van der Waals surface area contributed by atoms with E-state index >= 15 is 0 Å². The van der Waals surface area contributed by atoms with Gasteiger partial charge < -0.3 is 0 Å². The van der Waals surface area contributed by atoms with Gasteiger partial charge in [-0.1, -0.05) is 32.0 Å². The van der Waals surface area contributed by atoms with E-state index in [4.69, 9.17) is 0 Å². The molecule has 7 nitrogen and oxygen atoms in total. The molecule has 1 aliphatic heterocycles. The van der Waals surface area contributed by atoms with E-state index in [1.807, 2.05) is 13.8 Å². The van der Waals surface area contributed by atoms with Gasteiger partial charge in [0.05, 0.1) is 23.5 Å². The minimum atomic E-state index is -3.82. The summed E-state index contributed by atoms with van der Waals surface area (Å²) in [6.45, 7) is 4.79. The minimum Gasteiger partial charge on any atom is -0.280 e. The molecule has 0 fully saturated rings. The van der Waals surface area contributed by atoms with Crippen molar-refractivity contribution in [3.8, 4) is 0 Å². The van der Waals surface area contributed by atoms with Crippen molar-refractivity contribution in [2.75, 3.05) is 11.3 Å². The molecule has 9 heteroatoms. The molecule has 0 aromatic heterocycles. The number of amidine groups is 1. The van der Waals surface area contributed by atoms with Crippen LogP contribution in [-0.2, 0) is 20.0 Å². The van der Waals surface area contributed by atoms with Gasteiger partial charge in [0.2, 0.25) is 0 Å². The monoisotopic (exact) mass is 422 g/mol. The van der Waals surface area contributed by atoms with E-state index in [-0.39, 0.29) is 15.5 Å². The lowest BCUT2D eigenvalue weighted by Gasteiger charge is -2.11. The molecular weight excluding hydrogens is 398 g/mol. The van der Waals surface area contributed by atoms with E-state index in [2.05, 4.69) is 14.4 Å². The third-order valence-electron chi connectivity index (χ3n) is 4.45. The van der Waals surface area contributed by atoms with Gasteiger partial charge in [0.1, 0.15) is 4.90 Å². The topological polar surface area (TPSA) is 106 Å². The maximum absolute atomic E-state index is 12.6. The molecule has 3 rings (SSSR count). The molecular formula is C19H24N3O4S2+. The lowest BCUT2D eigenvalue weighted by molar-refractivity contribution is -0.448. The van der Waals surface area contributed by atoms with Crippen LogP contribution in [0.3, 0.4) is 0 Å². The SMILES string of the molecule is CC(C)c1ccc(S(=O)(=O)Nc2cccc(S(=O)(=O)NC3=[NH+]CCC3)c2)cc1. The lowest BCUT2D eigenvalue weighted by atomic mass is 10.0. The van der Waals surface area contributed by atoms with Crippen LogP contribution in [0.25, 0.3) is 0 Å². The average molecular weight is 423 g/mol. The second-order valence-electron chi connectivity index (χ2n) is 6.97. The summed E-state index contributed by atoms with van der Waals surface area (Å²) in [6, 6.07) is 12.4. The van der Waals surface area contributed by atoms with E-state index in [1.54, 1.807) is 24.3 Å². The Hall–Kier alpha value is -2.39. The molecule has 0 bridgehead atoms. The van der Waals surface area contributed by atoms with Gasteiger partial charge in [-0.3, -0.25) is 9.71 Å². The normalized spacial score (nSPS) is 14.8. The molecule has 0 radical (unpaired) electrons. The summed E-state index contributed by atoms with van der Waals surface area (Å²) in [7, 11) is -7.61. The van der Waals surface area contributed by atoms with Gasteiger partial charge in [-0.15, -0.1) is 0 Å². The average Bonchev–Trinajstić information content (AvgIpc) is 3.14. The van der Waals surface area contributed by atoms with Gasteiger partial charge in [-0.2, -0.15) is 13.1 Å². The highest BCUT2D eigenvalue weighted by atomic mass is 32.2. The minimum absolute atomic E-state index is 0.0101. The van der Waals surface area contributed by atoms with Gasteiger partial charge >= 0.3 is 10.0 Å². The summed E-state index contributed by atoms with van der Waals surface area (Å²) >= 11 is 0. The highest BCUT2D eigenvalue weighted by Crippen LogP contribution is 2.21. The van der Waals surface area contributed by atoms with Gasteiger partial charge in [0, 0.05) is 0 Å². The quantitative estimate of drug-likeness (QED) is 0.649. The highest BCUT2D eigenvalue weighted by molar-refractivity contribution is 7.92. The first-order valence-corrected chi connectivity index (χ1v) is 12.0. The van der Waals surface area contributed by atoms with Crippen molar-refractivity contribution in [3.63, 3.8) is 0 Å². The van der Waals surface area contributed by atoms with Gasteiger partial charge in [0.25, 0.3) is 15.9 Å². The Morgan fingerprint density at radius 3 is 2.18 bits per heavy atom. The Balaban J connectivity index is 1.81. The molecule has 0 aliphatic carbocycles. The number of hydrogen-bond acceptors (Lipinski definition) is 4. The highest BCUT2D eigenvalue weighted by Gasteiger charge is 2.25. The predicted octanol–water partition coefficient (Wildman–Crippen LogP) is 1.16. The molecule has 0 spiro atoms. The van der Waals surface area contributed by atoms with Crippen LogP contribution in [0, 0.1) is 0 Å². The smallest absolute Gasteiger partial charge is 0.280 e. The van der Waals surface area contributed by atoms with E-state index in [1.165, 1.54) is 24.3 Å². The van der Waals surface area contributed by atoms with Crippen molar-refractivity contribution in [2.45, 2.75) is 42.4 Å². The number of anilines is 1. The largest absolute Gasteiger partial charge is 0.328 e. The molecule has 0 amide bonds. The maximum Gasteiger partial charge on any atom is 0.328 e. The number of hydrogen-bond donors (Lipinski definition) is 3. The van der Waals surface area contributed by atoms with Gasteiger partial charge in [-0.05, 0) is 48.2 Å². The van der Waals surface area contributed by atoms with Crippen LogP contribution < -0.4 is 14.4 Å². The van der Waals surface area contributed by atoms with E-state index in [0.29, 0.717) is 18.2 Å². The number of nitrogens with one attached hydrogen (secondary N) is 3. The maximum atomic E-state index is 12.6. The molecule has 1 heterocycles. The lowest BCUT2D eigenvalue weighted by Crippen LogP contribution is -2.72. The van der Waals surface area contributed by atoms with Crippen molar-refractivity contribution in [2.24, 2.45) is 0 Å². The van der Waals surface area contributed by atoms with Crippen LogP contribution in [0.15, 0.2) is 58.3 Å². The van der Waals surface area contributed by atoms with Crippen molar-refractivity contribution < 1.29 is 21.8 Å². The van der Waals surface area contributed by atoms with E-state index in [9.17, 15) is 16.8 Å². The Labute approximate surface area is 166 Å². The fraction of sp³-hybridized carbons (Fsp3) is 0.316. The van der Waals surface area contributed by atoms with Gasteiger partial charge in [0.15, 0.2) is 0 Å². The zero-order valence-electron chi connectivity index (χ0n) is 15.8. The molecule has 28 heavy (non-hydrogen) atoms. The molecule has 3 N–H and O–H groups in total. The second-order valence-corrected chi connectivity index (χ2v) is 10.3.